The molecule has 0 spiro atoms. The highest BCUT2D eigenvalue weighted by Gasteiger charge is 2.30. The number of primary amides is 1. The summed E-state index contributed by atoms with van der Waals surface area (Å²) in [5.41, 5.74) is 11.1. The van der Waals surface area contributed by atoms with Gasteiger partial charge < -0.3 is 16.8 Å². The van der Waals surface area contributed by atoms with Crippen molar-refractivity contribution in [3.63, 3.8) is 0 Å². The third kappa shape index (κ3) is 3.83. The van der Waals surface area contributed by atoms with Crippen molar-refractivity contribution in [1.82, 2.24) is 0 Å². The molecular weight excluding hydrogens is 247 g/mol. The Morgan fingerprint density at radius 3 is 2.56 bits per heavy atom. The minimum Gasteiger partial charge on any atom is -0.396 e. The van der Waals surface area contributed by atoms with E-state index in [4.69, 9.17) is 11.5 Å². The maximum absolute atomic E-state index is 12.2. The highest BCUT2D eigenvalue weighted by atomic mass is 19.4. The first-order chi connectivity index (χ1) is 8.20. The normalized spacial score (nSPS) is 13.1. The number of nitrogens with two attached hydrogens (primary N) is 2. The lowest BCUT2D eigenvalue weighted by Gasteiger charge is -2.19. The van der Waals surface area contributed by atoms with E-state index in [9.17, 15) is 18.0 Å². The smallest absolute Gasteiger partial charge is 0.391 e. The van der Waals surface area contributed by atoms with Gasteiger partial charge in [0.25, 0.3) is 5.91 Å². The number of amides is 1. The molecule has 7 heteroatoms. The maximum atomic E-state index is 12.2. The molecular formula is C11H14F3N3O. The van der Waals surface area contributed by atoms with E-state index in [-0.39, 0.29) is 16.9 Å². The monoisotopic (exact) mass is 261 g/mol. The fourth-order valence-corrected chi connectivity index (χ4v) is 1.57. The molecule has 1 rings (SSSR count). The van der Waals surface area contributed by atoms with Crippen LogP contribution in [0.2, 0.25) is 0 Å². The van der Waals surface area contributed by atoms with Gasteiger partial charge in [-0.1, -0.05) is 6.07 Å². The zero-order chi connectivity index (χ0) is 13.9. The van der Waals surface area contributed by atoms with Gasteiger partial charge in [-0.25, -0.2) is 0 Å². The summed E-state index contributed by atoms with van der Waals surface area (Å²) in [7, 11) is 0. The number of alkyl halides is 3. The standard InChI is InChI=1S/C11H14F3N3O/c1-6(5-11(12,13)14)17-8-4-2-3-7(9(8)15)10(16)18/h2-4,6,17H,5,15H2,1H3,(H2,16,18). The van der Waals surface area contributed by atoms with E-state index in [2.05, 4.69) is 5.32 Å². The van der Waals surface area contributed by atoms with Crippen LogP contribution in [0, 0.1) is 0 Å². The lowest BCUT2D eigenvalue weighted by Crippen LogP contribution is -2.25. The van der Waals surface area contributed by atoms with Crippen LogP contribution >= 0.6 is 0 Å². The van der Waals surface area contributed by atoms with Gasteiger partial charge in [0.1, 0.15) is 0 Å². The summed E-state index contributed by atoms with van der Waals surface area (Å²) in [6.45, 7) is 1.38. The summed E-state index contributed by atoms with van der Waals surface area (Å²) in [5.74, 6) is -0.723. The van der Waals surface area contributed by atoms with E-state index >= 15 is 0 Å². The molecule has 0 saturated carbocycles. The number of rotatable bonds is 4. The number of benzene rings is 1. The number of halogens is 3. The van der Waals surface area contributed by atoms with Crippen molar-refractivity contribution in [3.05, 3.63) is 23.8 Å². The van der Waals surface area contributed by atoms with E-state index in [1.54, 1.807) is 0 Å². The molecule has 0 aliphatic carbocycles. The second-order valence-electron chi connectivity index (χ2n) is 4.00. The van der Waals surface area contributed by atoms with Crippen LogP contribution in [-0.4, -0.2) is 18.1 Å². The summed E-state index contributed by atoms with van der Waals surface area (Å²) < 4.78 is 36.5. The Morgan fingerprint density at radius 2 is 2.06 bits per heavy atom. The fraction of sp³-hybridized carbons (Fsp3) is 0.364. The van der Waals surface area contributed by atoms with Crippen LogP contribution in [-0.2, 0) is 0 Å². The van der Waals surface area contributed by atoms with Gasteiger partial charge in [-0.2, -0.15) is 13.2 Å². The molecule has 18 heavy (non-hydrogen) atoms. The van der Waals surface area contributed by atoms with Crippen LogP contribution in [0.25, 0.3) is 0 Å². The number of nitrogen functional groups attached to an aromatic ring is 1. The number of para-hydroxylation sites is 1. The van der Waals surface area contributed by atoms with E-state index in [0.29, 0.717) is 0 Å². The van der Waals surface area contributed by atoms with E-state index in [1.807, 2.05) is 0 Å². The molecule has 0 aliphatic heterocycles. The molecule has 0 radical (unpaired) electrons. The first-order valence-electron chi connectivity index (χ1n) is 5.22. The SMILES string of the molecule is CC(CC(F)(F)F)Nc1cccc(C(N)=O)c1N. The number of nitrogens with one attached hydrogen (secondary N) is 1. The number of anilines is 2. The summed E-state index contributed by atoms with van der Waals surface area (Å²) >= 11 is 0. The maximum Gasteiger partial charge on any atom is 0.391 e. The van der Waals surface area contributed by atoms with Gasteiger partial charge in [0.2, 0.25) is 0 Å². The predicted molar refractivity (Wildman–Crippen MR) is 63.1 cm³/mol. The van der Waals surface area contributed by atoms with Crippen LogP contribution in [0.4, 0.5) is 24.5 Å². The molecule has 0 aliphatic rings. The van der Waals surface area contributed by atoms with E-state index in [0.717, 1.165) is 0 Å². The van der Waals surface area contributed by atoms with Crippen molar-refractivity contribution in [2.45, 2.75) is 25.6 Å². The lowest BCUT2D eigenvalue weighted by molar-refractivity contribution is -0.136. The van der Waals surface area contributed by atoms with Crippen LogP contribution < -0.4 is 16.8 Å². The van der Waals surface area contributed by atoms with Gasteiger partial charge in [0, 0.05) is 6.04 Å². The van der Waals surface area contributed by atoms with Gasteiger partial charge in [-0.05, 0) is 19.1 Å². The predicted octanol–water partition coefficient (Wildman–Crippen LogP) is 2.12. The first-order valence-corrected chi connectivity index (χ1v) is 5.22. The number of carbonyl (C=O) groups excluding carboxylic acids is 1. The minimum atomic E-state index is -4.26. The number of hydrogen-bond acceptors (Lipinski definition) is 3. The molecule has 0 heterocycles. The molecule has 1 unspecified atom stereocenters. The Balaban J connectivity index is 2.85. The molecule has 100 valence electrons. The van der Waals surface area contributed by atoms with E-state index in [1.165, 1.54) is 25.1 Å². The summed E-state index contributed by atoms with van der Waals surface area (Å²) in [4.78, 5) is 11.0. The zero-order valence-corrected chi connectivity index (χ0v) is 9.71. The quantitative estimate of drug-likeness (QED) is 0.726. The number of carbonyl (C=O) groups is 1. The zero-order valence-electron chi connectivity index (χ0n) is 9.71. The average molecular weight is 261 g/mol. The van der Waals surface area contributed by atoms with Crippen molar-refractivity contribution < 1.29 is 18.0 Å². The van der Waals surface area contributed by atoms with Crippen molar-refractivity contribution in [2.24, 2.45) is 5.73 Å². The highest BCUT2D eigenvalue weighted by Crippen LogP contribution is 2.27. The van der Waals surface area contributed by atoms with Crippen molar-refractivity contribution >= 4 is 17.3 Å². The van der Waals surface area contributed by atoms with Crippen molar-refractivity contribution in [3.8, 4) is 0 Å². The van der Waals surface area contributed by atoms with Gasteiger partial charge in [-0.15, -0.1) is 0 Å². The average Bonchev–Trinajstić information content (AvgIpc) is 2.17. The minimum absolute atomic E-state index is 0.0547. The molecule has 1 aromatic rings. The lowest BCUT2D eigenvalue weighted by atomic mass is 10.1. The Hall–Kier alpha value is -1.92. The molecule has 0 bridgehead atoms. The van der Waals surface area contributed by atoms with Crippen LogP contribution in [0.3, 0.4) is 0 Å². The number of hydrogen-bond donors (Lipinski definition) is 3. The van der Waals surface area contributed by atoms with Gasteiger partial charge in [0.05, 0.1) is 23.4 Å². The van der Waals surface area contributed by atoms with Gasteiger partial charge in [-0.3, -0.25) is 4.79 Å². The molecule has 1 aromatic carbocycles. The largest absolute Gasteiger partial charge is 0.396 e. The van der Waals surface area contributed by atoms with Gasteiger partial charge in [0.15, 0.2) is 0 Å². The van der Waals surface area contributed by atoms with Crippen LogP contribution in [0.15, 0.2) is 18.2 Å². The Morgan fingerprint density at radius 1 is 1.44 bits per heavy atom. The van der Waals surface area contributed by atoms with E-state index < -0.39 is 24.5 Å². The molecule has 1 amide bonds. The molecule has 4 nitrogen and oxygen atoms in total. The summed E-state index contributed by atoms with van der Waals surface area (Å²) in [5, 5.41) is 2.61. The molecule has 0 aromatic heterocycles. The molecule has 5 N–H and O–H groups in total. The fourth-order valence-electron chi connectivity index (χ4n) is 1.57. The second kappa shape index (κ2) is 5.16. The Labute approximate surface area is 102 Å². The van der Waals surface area contributed by atoms with Crippen LogP contribution in [0.1, 0.15) is 23.7 Å². The topological polar surface area (TPSA) is 81.1 Å². The Bertz CT molecular complexity index is 446. The molecule has 0 saturated heterocycles. The third-order valence-electron chi connectivity index (χ3n) is 2.31. The van der Waals surface area contributed by atoms with Gasteiger partial charge >= 0.3 is 6.18 Å². The molecule has 0 fully saturated rings. The first kappa shape index (κ1) is 14.1. The summed E-state index contributed by atoms with van der Waals surface area (Å²) in [6, 6.07) is 3.56. The Kier molecular flexibility index (Phi) is 4.05. The summed E-state index contributed by atoms with van der Waals surface area (Å²) in [6.07, 6.45) is -5.25. The van der Waals surface area contributed by atoms with Crippen LogP contribution in [0.5, 0.6) is 0 Å². The van der Waals surface area contributed by atoms with Crippen molar-refractivity contribution in [2.75, 3.05) is 11.1 Å². The highest BCUT2D eigenvalue weighted by molar-refractivity contribution is 6.00. The van der Waals surface area contributed by atoms with Crippen molar-refractivity contribution in [1.29, 1.82) is 0 Å². The molecule has 1 atom stereocenters. The third-order valence-corrected chi connectivity index (χ3v) is 2.31. The second-order valence-corrected chi connectivity index (χ2v) is 4.00.